The molecule has 2 atom stereocenters. The highest BCUT2D eigenvalue weighted by molar-refractivity contribution is 8.00. The minimum Gasteiger partial charge on any atom is -0.448 e. The van der Waals surface area contributed by atoms with Crippen molar-refractivity contribution in [1.29, 1.82) is 0 Å². The molecule has 0 saturated carbocycles. The molecule has 180 valence electrons. The van der Waals surface area contributed by atoms with Crippen molar-refractivity contribution in [3.63, 3.8) is 0 Å². The number of β-lactam (4-membered cyclic amide) rings is 1. The van der Waals surface area contributed by atoms with E-state index in [1.807, 2.05) is 66.7 Å². The van der Waals surface area contributed by atoms with E-state index in [2.05, 4.69) is 10.3 Å². The van der Waals surface area contributed by atoms with E-state index in [1.165, 1.54) is 16.7 Å². The Balaban J connectivity index is 1.57. The molecule has 5 rings (SSSR count). The Bertz CT molecular complexity index is 1270. The van der Waals surface area contributed by atoms with Gasteiger partial charge in [0.1, 0.15) is 11.1 Å². The van der Waals surface area contributed by atoms with E-state index in [1.54, 1.807) is 30.6 Å². The number of rotatable bonds is 8. The van der Waals surface area contributed by atoms with E-state index in [0.29, 0.717) is 18.4 Å². The van der Waals surface area contributed by atoms with Crippen molar-refractivity contribution in [3.05, 3.63) is 119 Å². The normalized spacial score (nSPS) is 19.1. The molecule has 1 N–H and O–H groups in total. The number of nitrogens with zero attached hydrogens (tertiary/aromatic N) is 2. The Morgan fingerprint density at radius 3 is 2.31 bits per heavy atom. The van der Waals surface area contributed by atoms with Gasteiger partial charge in [-0.3, -0.25) is 19.5 Å². The zero-order valence-corrected chi connectivity index (χ0v) is 20.0. The molecule has 1 saturated heterocycles. The van der Waals surface area contributed by atoms with Crippen molar-refractivity contribution in [2.24, 2.45) is 0 Å². The SMILES string of the molecule is O=CNC1SC2CC(=O)N2C(C(=O)OC(c2ccccc2)c2ccccc2)=C1/C=C/c1cccnc1. The first-order valence-electron chi connectivity index (χ1n) is 11.5. The topological polar surface area (TPSA) is 88.6 Å². The average Bonchev–Trinajstić information content (AvgIpc) is 2.92. The second-order valence-electron chi connectivity index (χ2n) is 8.25. The molecular weight excluding hydrogens is 474 g/mol. The van der Waals surface area contributed by atoms with E-state index in [4.69, 9.17) is 4.74 Å². The number of aromatic nitrogens is 1. The number of ether oxygens (including phenoxy) is 1. The molecule has 0 aliphatic carbocycles. The number of esters is 1. The van der Waals surface area contributed by atoms with Crippen LogP contribution in [0.2, 0.25) is 0 Å². The standard InChI is InChI=1S/C28H23N3O4S/c32-18-30-27-22(14-13-19-8-7-15-29-17-19)25(31-23(33)16-24(31)36-27)28(34)35-26(20-9-3-1-4-10-20)21-11-5-2-6-12-21/h1-15,17-18,24,26-27H,16H2,(H,30,32)/b14-13+. The summed E-state index contributed by atoms with van der Waals surface area (Å²) in [5.74, 6) is -0.790. The van der Waals surface area contributed by atoms with Gasteiger partial charge in [-0.2, -0.15) is 0 Å². The van der Waals surface area contributed by atoms with Gasteiger partial charge in [0.2, 0.25) is 12.3 Å². The molecule has 0 bridgehead atoms. The minimum absolute atomic E-state index is 0.145. The lowest BCUT2D eigenvalue weighted by atomic mass is 10.0. The third-order valence-electron chi connectivity index (χ3n) is 5.98. The predicted molar refractivity (Wildman–Crippen MR) is 137 cm³/mol. The van der Waals surface area contributed by atoms with Crippen LogP contribution in [0.3, 0.4) is 0 Å². The van der Waals surface area contributed by atoms with Crippen LogP contribution in [0.4, 0.5) is 0 Å². The van der Waals surface area contributed by atoms with Crippen molar-refractivity contribution in [1.82, 2.24) is 15.2 Å². The van der Waals surface area contributed by atoms with Crippen LogP contribution < -0.4 is 5.32 Å². The Hall–Kier alpha value is -4.17. The van der Waals surface area contributed by atoms with Crippen molar-refractivity contribution < 1.29 is 19.1 Å². The molecule has 2 unspecified atom stereocenters. The van der Waals surface area contributed by atoms with Gasteiger partial charge < -0.3 is 10.1 Å². The largest absolute Gasteiger partial charge is 0.448 e. The molecule has 7 nitrogen and oxygen atoms in total. The van der Waals surface area contributed by atoms with E-state index in [-0.39, 0.29) is 17.0 Å². The van der Waals surface area contributed by atoms with Gasteiger partial charge in [-0.25, -0.2) is 4.79 Å². The van der Waals surface area contributed by atoms with E-state index in [9.17, 15) is 14.4 Å². The third kappa shape index (κ3) is 4.81. The van der Waals surface area contributed by atoms with Crippen molar-refractivity contribution in [3.8, 4) is 0 Å². The van der Waals surface area contributed by atoms with Crippen LogP contribution in [0.5, 0.6) is 0 Å². The predicted octanol–water partition coefficient (Wildman–Crippen LogP) is 4.06. The summed E-state index contributed by atoms with van der Waals surface area (Å²) in [5.41, 5.74) is 3.07. The quantitative estimate of drug-likeness (QED) is 0.287. The zero-order valence-electron chi connectivity index (χ0n) is 19.2. The van der Waals surface area contributed by atoms with Crippen LogP contribution in [-0.4, -0.2) is 38.9 Å². The number of thioether (sulfide) groups is 1. The molecule has 3 heterocycles. The van der Waals surface area contributed by atoms with Crippen LogP contribution in [0.15, 0.2) is 103 Å². The molecule has 0 spiro atoms. The van der Waals surface area contributed by atoms with E-state index in [0.717, 1.165) is 16.7 Å². The number of amides is 2. The summed E-state index contributed by atoms with van der Waals surface area (Å²) in [7, 11) is 0. The molecule has 2 aliphatic rings. The summed E-state index contributed by atoms with van der Waals surface area (Å²) in [6.07, 6.45) is 7.12. The molecular formula is C28H23N3O4S. The van der Waals surface area contributed by atoms with Gasteiger partial charge in [0, 0.05) is 18.0 Å². The number of benzene rings is 2. The van der Waals surface area contributed by atoms with Gasteiger partial charge in [-0.05, 0) is 22.8 Å². The fourth-order valence-electron chi connectivity index (χ4n) is 4.24. The monoisotopic (exact) mass is 497 g/mol. The summed E-state index contributed by atoms with van der Waals surface area (Å²) >= 11 is 1.42. The number of fused-ring (bicyclic) bond motifs is 1. The second kappa shape index (κ2) is 10.6. The summed E-state index contributed by atoms with van der Waals surface area (Å²) in [6.45, 7) is 0. The zero-order chi connectivity index (χ0) is 24.9. The fraction of sp³-hybridized carbons (Fsp3) is 0.143. The van der Waals surface area contributed by atoms with Gasteiger partial charge in [0.25, 0.3) is 0 Å². The minimum atomic E-state index is -0.669. The van der Waals surface area contributed by atoms with Crippen LogP contribution in [0.1, 0.15) is 29.2 Å². The maximum absolute atomic E-state index is 13.8. The first kappa shape index (κ1) is 23.6. The summed E-state index contributed by atoms with van der Waals surface area (Å²) in [5, 5.41) is 2.02. The molecule has 2 amide bonds. The van der Waals surface area contributed by atoms with E-state index >= 15 is 0 Å². The highest BCUT2D eigenvalue weighted by Crippen LogP contribution is 2.44. The molecule has 2 aromatic carbocycles. The maximum atomic E-state index is 13.8. The first-order valence-corrected chi connectivity index (χ1v) is 12.4. The number of nitrogens with one attached hydrogen (secondary N) is 1. The van der Waals surface area contributed by atoms with Crippen LogP contribution in [-0.2, 0) is 19.1 Å². The fourth-order valence-corrected chi connectivity index (χ4v) is 5.61. The first-order chi connectivity index (χ1) is 17.7. The van der Waals surface area contributed by atoms with Crippen molar-refractivity contribution >= 4 is 36.1 Å². The molecule has 8 heteroatoms. The second-order valence-corrected chi connectivity index (χ2v) is 9.54. The molecule has 36 heavy (non-hydrogen) atoms. The third-order valence-corrected chi connectivity index (χ3v) is 7.33. The number of carbonyl (C=O) groups excluding carboxylic acids is 3. The molecule has 1 fully saturated rings. The number of carbonyl (C=O) groups is 3. The van der Waals surface area contributed by atoms with Gasteiger partial charge in [0.15, 0.2) is 6.10 Å². The number of pyridine rings is 1. The maximum Gasteiger partial charge on any atom is 0.356 e. The van der Waals surface area contributed by atoms with Crippen LogP contribution in [0.25, 0.3) is 6.08 Å². The Morgan fingerprint density at radius 2 is 1.72 bits per heavy atom. The summed E-state index contributed by atoms with van der Waals surface area (Å²) in [4.78, 5) is 43.5. The highest BCUT2D eigenvalue weighted by Gasteiger charge is 2.48. The molecule has 1 aromatic heterocycles. The molecule has 0 radical (unpaired) electrons. The average molecular weight is 498 g/mol. The highest BCUT2D eigenvalue weighted by atomic mass is 32.2. The van der Waals surface area contributed by atoms with Crippen LogP contribution in [0, 0.1) is 0 Å². The Kier molecular flexibility index (Phi) is 6.95. The number of hydrogen-bond acceptors (Lipinski definition) is 6. The lowest BCUT2D eigenvalue weighted by Gasteiger charge is -2.46. The van der Waals surface area contributed by atoms with Gasteiger partial charge >= 0.3 is 5.97 Å². The van der Waals surface area contributed by atoms with Crippen LogP contribution >= 0.6 is 11.8 Å². The van der Waals surface area contributed by atoms with Crippen molar-refractivity contribution in [2.75, 3.05) is 0 Å². The smallest absolute Gasteiger partial charge is 0.356 e. The van der Waals surface area contributed by atoms with Gasteiger partial charge in [-0.15, -0.1) is 11.8 Å². The lowest BCUT2D eigenvalue weighted by molar-refractivity contribution is -0.151. The molecule has 2 aliphatic heterocycles. The Morgan fingerprint density at radius 1 is 1.03 bits per heavy atom. The van der Waals surface area contributed by atoms with E-state index < -0.39 is 17.4 Å². The summed E-state index contributed by atoms with van der Waals surface area (Å²) < 4.78 is 6.11. The van der Waals surface area contributed by atoms with Crippen molar-refractivity contribution in [2.45, 2.75) is 23.3 Å². The Labute approximate surface area is 212 Å². The van der Waals surface area contributed by atoms with Gasteiger partial charge in [-0.1, -0.05) is 78.9 Å². The number of hydrogen-bond donors (Lipinski definition) is 1. The van der Waals surface area contributed by atoms with Gasteiger partial charge in [0.05, 0.1) is 11.8 Å². The lowest BCUT2D eigenvalue weighted by Crippen LogP contribution is -2.56. The molecule has 3 aromatic rings. The summed E-state index contributed by atoms with van der Waals surface area (Å²) in [6, 6.07) is 22.6.